The van der Waals surface area contributed by atoms with Gasteiger partial charge in [0.1, 0.15) is 17.3 Å². The minimum absolute atomic E-state index is 0.0609. The molecule has 1 amide bonds. The van der Waals surface area contributed by atoms with Crippen LogP contribution in [0.25, 0.3) is 0 Å². The van der Waals surface area contributed by atoms with Crippen LogP contribution in [0.15, 0.2) is 18.2 Å². The zero-order chi connectivity index (χ0) is 15.2. The Bertz CT molecular complexity index is 473. The van der Waals surface area contributed by atoms with E-state index in [1.165, 1.54) is 24.6 Å². The quantitative estimate of drug-likeness (QED) is 0.901. The fourth-order valence-corrected chi connectivity index (χ4v) is 2.86. The second-order valence-electron chi connectivity index (χ2n) is 5.42. The molecule has 0 bridgehead atoms. The van der Waals surface area contributed by atoms with Gasteiger partial charge in [-0.15, -0.1) is 0 Å². The molecular formula is C16H22F2N2O. The average molecular weight is 296 g/mol. The molecule has 1 atom stereocenters. The summed E-state index contributed by atoms with van der Waals surface area (Å²) in [5, 5.41) is 2.69. The first kappa shape index (κ1) is 15.7. The summed E-state index contributed by atoms with van der Waals surface area (Å²) < 4.78 is 26.9. The van der Waals surface area contributed by atoms with Crippen molar-refractivity contribution in [1.29, 1.82) is 0 Å². The number of benzene rings is 1. The number of nitrogens with one attached hydrogen (secondary N) is 1. The lowest BCUT2D eigenvalue weighted by Gasteiger charge is -2.35. The third-order valence-electron chi connectivity index (χ3n) is 4.02. The Morgan fingerprint density at radius 2 is 2.05 bits per heavy atom. The summed E-state index contributed by atoms with van der Waals surface area (Å²) in [6.45, 7) is 3.12. The first-order valence-corrected chi connectivity index (χ1v) is 7.60. The molecule has 1 aliphatic rings. The number of halogens is 2. The van der Waals surface area contributed by atoms with Gasteiger partial charge in [0.15, 0.2) is 0 Å². The van der Waals surface area contributed by atoms with Gasteiger partial charge in [0.05, 0.1) is 0 Å². The summed E-state index contributed by atoms with van der Waals surface area (Å²) in [5.41, 5.74) is -0.156. The van der Waals surface area contributed by atoms with E-state index in [2.05, 4.69) is 12.2 Å². The van der Waals surface area contributed by atoms with Crippen LogP contribution in [-0.2, 0) is 4.79 Å². The number of anilines is 1. The predicted octanol–water partition coefficient (Wildman–Crippen LogP) is 3.56. The third-order valence-corrected chi connectivity index (χ3v) is 4.02. The zero-order valence-electron chi connectivity index (χ0n) is 12.4. The first-order chi connectivity index (χ1) is 10.1. The van der Waals surface area contributed by atoms with E-state index < -0.39 is 11.6 Å². The maximum atomic E-state index is 13.4. The Morgan fingerprint density at radius 3 is 2.71 bits per heavy atom. The Balaban J connectivity index is 1.86. The molecule has 116 valence electrons. The number of likely N-dealkylation sites (tertiary alicyclic amines) is 1. The highest BCUT2D eigenvalue weighted by Gasteiger charge is 2.24. The van der Waals surface area contributed by atoms with Crippen LogP contribution in [0.5, 0.6) is 0 Å². The molecule has 0 aromatic heterocycles. The molecule has 1 unspecified atom stereocenters. The molecule has 1 aromatic rings. The van der Waals surface area contributed by atoms with Gasteiger partial charge in [0.2, 0.25) is 5.91 Å². The molecule has 0 aliphatic carbocycles. The van der Waals surface area contributed by atoms with Crippen LogP contribution in [0, 0.1) is 11.6 Å². The van der Waals surface area contributed by atoms with Gasteiger partial charge in [-0.05, 0) is 37.8 Å². The predicted molar refractivity (Wildman–Crippen MR) is 79.1 cm³/mol. The van der Waals surface area contributed by atoms with Crippen LogP contribution < -0.4 is 5.32 Å². The average Bonchev–Trinajstić information content (AvgIpc) is 2.50. The van der Waals surface area contributed by atoms with Crippen LogP contribution in [0.3, 0.4) is 0 Å². The molecule has 0 radical (unpaired) electrons. The lowest BCUT2D eigenvalue weighted by molar-refractivity contribution is -0.134. The van der Waals surface area contributed by atoms with E-state index in [9.17, 15) is 13.6 Å². The maximum Gasteiger partial charge on any atom is 0.224 e. The highest BCUT2D eigenvalue weighted by atomic mass is 19.1. The van der Waals surface area contributed by atoms with Crippen LogP contribution in [-0.4, -0.2) is 29.9 Å². The topological polar surface area (TPSA) is 32.3 Å². The lowest BCUT2D eigenvalue weighted by atomic mass is 9.99. The number of rotatable bonds is 5. The molecule has 5 heteroatoms. The molecule has 1 fully saturated rings. The summed E-state index contributed by atoms with van der Waals surface area (Å²) in [6, 6.07) is 4.03. The second kappa shape index (κ2) is 7.38. The molecule has 21 heavy (non-hydrogen) atoms. The smallest absolute Gasteiger partial charge is 0.224 e. The first-order valence-electron chi connectivity index (χ1n) is 7.60. The van der Waals surface area contributed by atoms with Crippen molar-refractivity contribution >= 4 is 11.6 Å². The second-order valence-corrected chi connectivity index (χ2v) is 5.42. The summed E-state index contributed by atoms with van der Waals surface area (Å²) >= 11 is 0. The molecule has 1 aliphatic heterocycles. The minimum Gasteiger partial charge on any atom is -0.380 e. The highest BCUT2D eigenvalue weighted by molar-refractivity contribution is 5.77. The SMILES string of the molecule is CCC1CCCCN1C(=O)CCNc1c(F)cccc1F. The minimum atomic E-state index is -0.633. The van der Waals surface area contributed by atoms with Crippen LogP contribution in [0.1, 0.15) is 39.0 Å². The molecule has 1 heterocycles. The number of carbonyl (C=O) groups excluding carboxylic acids is 1. The molecule has 1 N–H and O–H groups in total. The standard InChI is InChI=1S/C16H22F2N2O/c1-2-12-6-3-4-11-20(12)15(21)9-10-19-16-13(17)7-5-8-14(16)18/h5,7-8,12,19H,2-4,6,9-11H2,1H3. The Labute approximate surface area is 124 Å². The van der Waals surface area contributed by atoms with Crippen LogP contribution >= 0.6 is 0 Å². The van der Waals surface area contributed by atoms with E-state index >= 15 is 0 Å². The molecule has 3 nitrogen and oxygen atoms in total. The number of para-hydroxylation sites is 1. The molecule has 1 aromatic carbocycles. The van der Waals surface area contributed by atoms with Crippen molar-refractivity contribution < 1.29 is 13.6 Å². The number of nitrogens with zero attached hydrogens (tertiary/aromatic N) is 1. The van der Waals surface area contributed by atoms with Crippen molar-refractivity contribution in [1.82, 2.24) is 4.90 Å². The van der Waals surface area contributed by atoms with Crippen LogP contribution in [0.4, 0.5) is 14.5 Å². The van der Waals surface area contributed by atoms with Gasteiger partial charge in [-0.25, -0.2) is 8.78 Å². The van der Waals surface area contributed by atoms with Crippen molar-refractivity contribution in [2.75, 3.05) is 18.4 Å². The van der Waals surface area contributed by atoms with Gasteiger partial charge in [0.25, 0.3) is 0 Å². The van der Waals surface area contributed by atoms with E-state index in [1.54, 1.807) is 0 Å². The fraction of sp³-hybridized carbons (Fsp3) is 0.562. The number of carbonyl (C=O) groups is 1. The van der Waals surface area contributed by atoms with E-state index in [1.807, 2.05) is 4.90 Å². The molecule has 0 saturated carbocycles. The van der Waals surface area contributed by atoms with Crippen molar-refractivity contribution in [3.05, 3.63) is 29.8 Å². The van der Waals surface area contributed by atoms with Crippen molar-refractivity contribution in [2.24, 2.45) is 0 Å². The van der Waals surface area contributed by atoms with Gasteiger partial charge in [-0.1, -0.05) is 13.0 Å². The third kappa shape index (κ3) is 3.93. The van der Waals surface area contributed by atoms with Gasteiger partial charge in [-0.3, -0.25) is 4.79 Å². The lowest BCUT2D eigenvalue weighted by Crippen LogP contribution is -2.43. The van der Waals surface area contributed by atoms with E-state index in [-0.39, 0.29) is 24.6 Å². The van der Waals surface area contributed by atoms with Crippen molar-refractivity contribution in [3.8, 4) is 0 Å². The van der Waals surface area contributed by atoms with E-state index in [0.29, 0.717) is 6.04 Å². The Kier molecular flexibility index (Phi) is 5.53. The van der Waals surface area contributed by atoms with Crippen molar-refractivity contribution in [3.63, 3.8) is 0 Å². The maximum absolute atomic E-state index is 13.4. The summed E-state index contributed by atoms with van der Waals surface area (Å²) in [6.07, 6.45) is 4.47. The monoisotopic (exact) mass is 296 g/mol. The molecule has 2 rings (SSSR count). The normalized spacial score (nSPS) is 18.6. The van der Waals surface area contributed by atoms with Crippen molar-refractivity contribution in [2.45, 2.75) is 45.1 Å². The van der Waals surface area contributed by atoms with E-state index in [4.69, 9.17) is 0 Å². The van der Waals surface area contributed by atoms with E-state index in [0.717, 1.165) is 25.8 Å². The largest absolute Gasteiger partial charge is 0.380 e. The number of amides is 1. The number of hydrogen-bond donors (Lipinski definition) is 1. The Hall–Kier alpha value is -1.65. The number of piperidine rings is 1. The summed E-state index contributed by atoms with van der Waals surface area (Å²) in [5.74, 6) is -1.20. The summed E-state index contributed by atoms with van der Waals surface area (Å²) in [4.78, 5) is 14.1. The Morgan fingerprint density at radius 1 is 1.33 bits per heavy atom. The number of hydrogen-bond acceptors (Lipinski definition) is 2. The zero-order valence-corrected chi connectivity index (χ0v) is 12.4. The molecular weight excluding hydrogens is 274 g/mol. The molecule has 0 spiro atoms. The van der Waals surface area contributed by atoms with Crippen LogP contribution in [0.2, 0.25) is 0 Å². The van der Waals surface area contributed by atoms with Gasteiger partial charge in [-0.2, -0.15) is 0 Å². The van der Waals surface area contributed by atoms with Gasteiger partial charge >= 0.3 is 0 Å². The highest BCUT2D eigenvalue weighted by Crippen LogP contribution is 2.21. The fourth-order valence-electron chi connectivity index (χ4n) is 2.86. The van der Waals surface area contributed by atoms with Gasteiger partial charge in [0, 0.05) is 25.6 Å². The summed E-state index contributed by atoms with van der Waals surface area (Å²) in [7, 11) is 0. The van der Waals surface area contributed by atoms with Gasteiger partial charge < -0.3 is 10.2 Å². The molecule has 1 saturated heterocycles.